The molecule has 0 saturated heterocycles. The number of pyridine rings is 2. The third-order valence-electron chi connectivity index (χ3n) is 2.60. The van der Waals surface area contributed by atoms with E-state index in [1.165, 1.54) is 0 Å². The van der Waals surface area contributed by atoms with Gasteiger partial charge in [-0.2, -0.15) is 0 Å². The Bertz CT molecular complexity index is 670. The number of rotatable bonds is 2. The number of nitrogens with zero attached hydrogens (tertiary/aromatic N) is 4. The summed E-state index contributed by atoms with van der Waals surface area (Å²) in [5, 5.41) is 8.08. The van der Waals surface area contributed by atoms with Crippen molar-refractivity contribution in [3.05, 3.63) is 54.4 Å². The maximum atomic E-state index is 4.56. The number of hydrogen-bond donors (Lipinski definition) is 0. The van der Waals surface area contributed by atoms with Crippen molar-refractivity contribution in [2.24, 2.45) is 0 Å². The van der Waals surface area contributed by atoms with E-state index in [9.17, 15) is 0 Å². The fraction of sp³-hybridized carbons (Fsp3) is 0.0714. The molecule has 3 rings (SSSR count). The molecule has 0 unspecified atom stereocenters. The summed E-state index contributed by atoms with van der Waals surface area (Å²) in [6.45, 7) is 1.92. The zero-order valence-corrected chi connectivity index (χ0v) is 12.9. The molecule has 0 bridgehead atoms. The van der Waals surface area contributed by atoms with Gasteiger partial charge in [0.2, 0.25) is 0 Å². The first-order chi connectivity index (χ1) is 9.83. The molecule has 3 aromatic heterocycles. The Morgan fingerprint density at radius 2 is 1.75 bits per heavy atom. The Kier molecular flexibility index (Phi) is 5.42. The fourth-order valence-corrected chi connectivity index (χ4v) is 1.75. The summed E-state index contributed by atoms with van der Waals surface area (Å²) in [7, 11) is 4.49. The molecule has 0 aliphatic carbocycles. The van der Waals surface area contributed by atoms with Crippen LogP contribution in [0.2, 0.25) is 0 Å². The Labute approximate surface area is 132 Å². The van der Waals surface area contributed by atoms with Crippen molar-refractivity contribution in [2.75, 3.05) is 0 Å². The zero-order valence-electron chi connectivity index (χ0n) is 10.6. The van der Waals surface area contributed by atoms with Gasteiger partial charge in [0.25, 0.3) is 0 Å². The van der Waals surface area contributed by atoms with Crippen LogP contribution in [-0.2, 0) is 18.2 Å². The standard InChI is InChI=1S/C14H11N4.ClH.Pd/c1-10-9-14(18-17-10)13-7-4-6-12(16-13)11-5-2-3-8-15-11;;/h2-9H,1H3;1H;/q-1;;+2/p-1. The molecule has 0 amide bonds. The van der Waals surface area contributed by atoms with Gasteiger partial charge in [-0.1, -0.05) is 23.9 Å². The number of aromatic nitrogens is 4. The molecule has 4 nitrogen and oxygen atoms in total. The fourth-order valence-electron chi connectivity index (χ4n) is 1.75. The van der Waals surface area contributed by atoms with Crippen molar-refractivity contribution >= 4 is 9.53 Å². The third kappa shape index (κ3) is 3.52. The molecule has 0 spiro atoms. The summed E-state index contributed by atoms with van der Waals surface area (Å²) >= 11 is 2.22. The van der Waals surface area contributed by atoms with Crippen molar-refractivity contribution in [1.29, 1.82) is 0 Å². The second kappa shape index (κ2) is 7.30. The SMILES string of the molecule is Cc1cc(-c2cccc(-c3ccccn3)n2)[n-]n1.[Cl][Pd+]. The van der Waals surface area contributed by atoms with Crippen LogP contribution in [0.25, 0.3) is 22.8 Å². The molecule has 0 fully saturated rings. The summed E-state index contributed by atoms with van der Waals surface area (Å²) in [6, 6.07) is 13.5. The van der Waals surface area contributed by atoms with Gasteiger partial charge >= 0.3 is 27.7 Å². The predicted octanol–water partition coefficient (Wildman–Crippen LogP) is 3.16. The Morgan fingerprint density at radius 1 is 1.00 bits per heavy atom. The molecule has 20 heavy (non-hydrogen) atoms. The molecule has 0 aliphatic rings. The Balaban J connectivity index is 0.000000704. The minimum absolute atomic E-state index is 0.797. The van der Waals surface area contributed by atoms with Crippen LogP contribution < -0.4 is 5.10 Å². The first kappa shape index (κ1) is 14.9. The van der Waals surface area contributed by atoms with Gasteiger partial charge in [0, 0.05) is 11.9 Å². The number of halogens is 1. The first-order valence-corrected chi connectivity index (χ1v) is 7.81. The molecule has 0 N–H and O–H groups in total. The average Bonchev–Trinajstić information content (AvgIpc) is 2.97. The average molecular weight is 377 g/mol. The van der Waals surface area contributed by atoms with E-state index in [2.05, 4.69) is 47.9 Å². The summed E-state index contributed by atoms with van der Waals surface area (Å²) < 4.78 is 0. The molecule has 104 valence electrons. The Morgan fingerprint density at radius 3 is 2.40 bits per heavy atom. The van der Waals surface area contributed by atoms with Crippen molar-refractivity contribution in [1.82, 2.24) is 20.2 Å². The molecule has 3 heterocycles. The van der Waals surface area contributed by atoms with Crippen molar-refractivity contribution in [3.8, 4) is 22.8 Å². The van der Waals surface area contributed by atoms with Crippen LogP contribution in [0.3, 0.4) is 0 Å². The van der Waals surface area contributed by atoms with E-state index in [1.54, 1.807) is 6.20 Å². The summed E-state index contributed by atoms with van der Waals surface area (Å²) in [5.74, 6) is 0. The topological polar surface area (TPSA) is 52.8 Å². The van der Waals surface area contributed by atoms with Crippen LogP contribution in [0.15, 0.2) is 48.7 Å². The van der Waals surface area contributed by atoms with Crippen LogP contribution in [0, 0.1) is 6.92 Å². The van der Waals surface area contributed by atoms with Crippen LogP contribution >= 0.6 is 9.53 Å². The molecular weight excluding hydrogens is 366 g/mol. The van der Waals surface area contributed by atoms with E-state index < -0.39 is 0 Å². The van der Waals surface area contributed by atoms with E-state index in [4.69, 9.17) is 0 Å². The van der Waals surface area contributed by atoms with Gasteiger partial charge in [0.1, 0.15) is 0 Å². The van der Waals surface area contributed by atoms with Gasteiger partial charge in [-0.05, 0) is 31.2 Å². The van der Waals surface area contributed by atoms with Gasteiger partial charge in [0.15, 0.2) is 0 Å². The van der Waals surface area contributed by atoms with Crippen molar-refractivity contribution < 1.29 is 18.2 Å². The molecule has 0 aliphatic heterocycles. The van der Waals surface area contributed by atoms with E-state index >= 15 is 0 Å². The molecule has 0 atom stereocenters. The molecule has 0 aromatic carbocycles. The van der Waals surface area contributed by atoms with E-state index in [-0.39, 0.29) is 0 Å². The molecule has 0 saturated carbocycles. The molecule has 0 radical (unpaired) electrons. The molecule has 6 heteroatoms. The van der Waals surface area contributed by atoms with Gasteiger partial charge in [-0.25, -0.2) is 4.98 Å². The van der Waals surface area contributed by atoms with Gasteiger partial charge in [-0.15, -0.1) is 0 Å². The number of hydrogen-bond acceptors (Lipinski definition) is 3. The monoisotopic (exact) mass is 376 g/mol. The van der Waals surface area contributed by atoms with E-state index in [1.807, 2.05) is 49.4 Å². The second-order valence-electron chi connectivity index (χ2n) is 3.99. The van der Waals surface area contributed by atoms with Crippen molar-refractivity contribution in [2.45, 2.75) is 6.92 Å². The van der Waals surface area contributed by atoms with Gasteiger partial charge < -0.3 is 10.2 Å². The first-order valence-electron chi connectivity index (χ1n) is 5.81. The molecule has 3 aromatic rings. The zero-order chi connectivity index (χ0) is 14.4. The summed E-state index contributed by atoms with van der Waals surface area (Å²) in [4.78, 5) is 8.85. The third-order valence-corrected chi connectivity index (χ3v) is 2.60. The normalized spacial score (nSPS) is 9.80. The van der Waals surface area contributed by atoms with Crippen LogP contribution in [0.1, 0.15) is 5.69 Å². The number of aryl methyl sites for hydroxylation is 1. The summed E-state index contributed by atoms with van der Waals surface area (Å²) in [5.41, 5.74) is 4.21. The maximum absolute atomic E-state index is 4.56. The van der Waals surface area contributed by atoms with Crippen LogP contribution in [0.5, 0.6) is 0 Å². The predicted molar refractivity (Wildman–Crippen MR) is 74.6 cm³/mol. The van der Waals surface area contributed by atoms with Crippen LogP contribution in [0.4, 0.5) is 0 Å². The summed E-state index contributed by atoms with van der Waals surface area (Å²) in [6.07, 6.45) is 1.76. The molecular formula is C14H11ClN4Pd. The van der Waals surface area contributed by atoms with Crippen molar-refractivity contribution in [3.63, 3.8) is 0 Å². The second-order valence-corrected chi connectivity index (χ2v) is 3.99. The van der Waals surface area contributed by atoms with Crippen LogP contribution in [-0.4, -0.2) is 15.1 Å². The van der Waals surface area contributed by atoms with Gasteiger partial charge in [0.05, 0.1) is 17.1 Å². The Hall–Kier alpha value is -1.54. The minimum atomic E-state index is 0.797. The quantitative estimate of drug-likeness (QED) is 0.644. The van der Waals surface area contributed by atoms with E-state index in [0.29, 0.717) is 0 Å². The van der Waals surface area contributed by atoms with E-state index in [0.717, 1.165) is 28.5 Å². The van der Waals surface area contributed by atoms with Gasteiger partial charge in [-0.3, -0.25) is 4.98 Å².